The van der Waals surface area contributed by atoms with Gasteiger partial charge in [-0.2, -0.15) is 0 Å². The molecule has 76 heavy (non-hydrogen) atoms. The molecule has 0 aliphatic carbocycles. The number of likely N-dealkylation sites (tertiary alicyclic amines) is 1. The van der Waals surface area contributed by atoms with Crippen molar-refractivity contribution in [3.63, 3.8) is 0 Å². The molecule has 3 rings (SSSR count). The Bertz CT molecular complexity index is 2310. The van der Waals surface area contributed by atoms with Crippen LogP contribution in [0.4, 0.5) is 0 Å². The van der Waals surface area contributed by atoms with Crippen LogP contribution in [-0.2, 0) is 60.8 Å². The van der Waals surface area contributed by atoms with Gasteiger partial charge in [-0.25, -0.2) is 4.79 Å². The zero-order valence-electron chi connectivity index (χ0n) is 42.7. The summed E-state index contributed by atoms with van der Waals surface area (Å²) >= 11 is 0. The number of aliphatic carboxylic acids is 1. The van der Waals surface area contributed by atoms with Crippen molar-refractivity contribution in [2.75, 3.05) is 39.5 Å². The summed E-state index contributed by atoms with van der Waals surface area (Å²) in [5.41, 5.74) is 11.8. The van der Waals surface area contributed by atoms with Gasteiger partial charge >= 0.3 is 5.97 Å². The Balaban J connectivity index is 1.88. The average molecular weight is 1070 g/mol. The van der Waals surface area contributed by atoms with Gasteiger partial charge in [-0.1, -0.05) is 44.5 Å². The maximum absolute atomic E-state index is 14.4. The number of unbranched alkanes of at least 4 members (excludes halogenated alkanes) is 1. The molecule has 1 heterocycles. The molecule has 1 fully saturated rings. The number of carboxylic acids is 1. The molecule has 9 amide bonds. The Labute approximate surface area is 438 Å². The van der Waals surface area contributed by atoms with Gasteiger partial charge < -0.3 is 89.5 Å². The van der Waals surface area contributed by atoms with Gasteiger partial charge in [-0.05, 0) is 86.9 Å². The number of aliphatic hydroxyl groups is 3. The third-order valence-corrected chi connectivity index (χ3v) is 12.6. The summed E-state index contributed by atoms with van der Waals surface area (Å²) in [7, 11) is 0. The van der Waals surface area contributed by atoms with Crippen LogP contribution in [0.5, 0.6) is 11.5 Å². The summed E-state index contributed by atoms with van der Waals surface area (Å²) < 4.78 is 0. The van der Waals surface area contributed by atoms with Gasteiger partial charge in [0, 0.05) is 19.4 Å². The number of hydrogen-bond acceptors (Lipinski definition) is 17. The minimum Gasteiger partial charge on any atom is -0.508 e. The lowest BCUT2D eigenvalue weighted by atomic mass is 9.97. The van der Waals surface area contributed by atoms with Gasteiger partial charge in [0.25, 0.3) is 0 Å². The second-order valence-corrected chi connectivity index (χ2v) is 18.3. The molecule has 0 radical (unpaired) electrons. The quantitative estimate of drug-likeness (QED) is 0.0314. The number of aliphatic hydroxyl groups excluding tert-OH is 3. The van der Waals surface area contributed by atoms with Gasteiger partial charge in [0.05, 0.1) is 26.4 Å². The third kappa shape index (κ3) is 19.3. The topological polar surface area (TPSA) is 444 Å². The second kappa shape index (κ2) is 31.4. The summed E-state index contributed by atoms with van der Waals surface area (Å²) in [6.45, 7) is 1.66. The summed E-state index contributed by atoms with van der Waals surface area (Å²) in [4.78, 5) is 135. The SMILES string of the molecule is CC[C@H](C)[C@H](NC(=O)[C@H](CO)NC(=O)[C@H](Cc1ccc(O)cc1)NC(=O)[C@H](Cc1ccc(O)cc1)NC(=O)[C@@H]1CCCN1C(=O)[C@H](C)NC(=O)CN)C(=O)N[C@@H](CO)C(=O)N[C@@H](CCCCN)C(=O)N[C@@H](CO)C(=O)O. The third-order valence-electron chi connectivity index (χ3n) is 12.6. The Morgan fingerprint density at radius 3 is 1.53 bits per heavy atom. The Hall–Kier alpha value is -7.46. The van der Waals surface area contributed by atoms with Crippen LogP contribution in [0.25, 0.3) is 0 Å². The Morgan fingerprint density at radius 2 is 1.04 bits per heavy atom. The Morgan fingerprint density at radius 1 is 0.592 bits per heavy atom. The van der Waals surface area contributed by atoms with Gasteiger partial charge in [0.2, 0.25) is 53.2 Å². The monoisotopic (exact) mass is 1070 g/mol. The summed E-state index contributed by atoms with van der Waals surface area (Å²) in [6.07, 6.45) is 1.04. The van der Waals surface area contributed by atoms with Crippen LogP contribution in [0.1, 0.15) is 70.4 Å². The number of hydrogen-bond donors (Lipinski definition) is 16. The lowest BCUT2D eigenvalue weighted by molar-refractivity contribution is -0.143. The first-order chi connectivity index (χ1) is 36.1. The highest BCUT2D eigenvalue weighted by Crippen LogP contribution is 2.20. The van der Waals surface area contributed by atoms with Crippen molar-refractivity contribution in [2.45, 2.75) is 127 Å². The zero-order chi connectivity index (χ0) is 56.6. The van der Waals surface area contributed by atoms with E-state index in [1.807, 2.05) is 0 Å². The van der Waals surface area contributed by atoms with E-state index in [0.29, 0.717) is 30.4 Å². The van der Waals surface area contributed by atoms with E-state index in [0.717, 1.165) is 0 Å². The number of amides is 9. The number of aromatic hydroxyl groups is 2. The predicted octanol–water partition coefficient (Wildman–Crippen LogP) is -5.03. The van der Waals surface area contributed by atoms with Crippen molar-refractivity contribution in [1.29, 1.82) is 0 Å². The number of carbonyl (C=O) groups excluding carboxylic acids is 9. The standard InChI is InChI=1S/C49H73N11O16/c1-4-26(2)40(47(73)57-35(23-61)44(70)53-32(8-5-6-18-50)41(67)58-37(25-63)49(75)76)59-45(71)36(24-62)56-43(69)33(20-28-10-14-30(64)15-11-28)54-42(68)34(21-29-12-16-31(65)17-13-29)55-46(72)38-9-7-19-60(38)48(74)27(3)52-39(66)22-51/h10-17,26-27,32-38,40,61-65H,4-9,18-25,50-51H2,1-3H3,(H,52,66)(H,53,70)(H,54,68)(H,55,72)(H,56,69)(H,57,73)(H,58,67)(H,59,71)(H,75,76)/t26-,27-,32-,33-,34-,35-,36-,37-,38-,40-/m0/s1. The molecular formula is C49H73N11O16. The molecular weight excluding hydrogens is 999 g/mol. The van der Waals surface area contributed by atoms with Crippen LogP contribution in [0.2, 0.25) is 0 Å². The highest BCUT2D eigenvalue weighted by molar-refractivity contribution is 5.98. The number of phenols is 2. The molecule has 27 heteroatoms. The lowest BCUT2D eigenvalue weighted by Crippen LogP contribution is -2.62. The molecule has 2 aromatic rings. The van der Waals surface area contributed by atoms with E-state index in [9.17, 15) is 78.6 Å². The number of carboxylic acid groups (broad SMARTS) is 1. The smallest absolute Gasteiger partial charge is 0.328 e. The zero-order valence-corrected chi connectivity index (χ0v) is 42.7. The predicted molar refractivity (Wildman–Crippen MR) is 270 cm³/mol. The van der Waals surface area contributed by atoms with Crippen molar-refractivity contribution in [3.8, 4) is 11.5 Å². The number of phenolic OH excluding ortho intramolecular Hbond substituents is 2. The lowest BCUT2D eigenvalue weighted by Gasteiger charge is -2.30. The van der Waals surface area contributed by atoms with Crippen LogP contribution in [-0.4, -0.2) is 189 Å². The first-order valence-corrected chi connectivity index (χ1v) is 24.8. The summed E-state index contributed by atoms with van der Waals surface area (Å²) in [5, 5.41) is 78.7. The van der Waals surface area contributed by atoms with Crippen LogP contribution in [0.15, 0.2) is 48.5 Å². The molecule has 0 aromatic heterocycles. The van der Waals surface area contributed by atoms with Crippen LogP contribution in [0, 0.1) is 5.92 Å². The molecule has 0 bridgehead atoms. The summed E-state index contributed by atoms with van der Waals surface area (Å²) in [6, 6.07) is -1.96. The van der Waals surface area contributed by atoms with Crippen LogP contribution < -0.4 is 54.0 Å². The van der Waals surface area contributed by atoms with Crippen molar-refractivity contribution in [1.82, 2.24) is 47.4 Å². The van der Waals surface area contributed by atoms with Crippen LogP contribution >= 0.6 is 0 Å². The first kappa shape index (κ1) is 62.8. The summed E-state index contributed by atoms with van der Waals surface area (Å²) in [5.74, 6) is -10.5. The normalized spacial score (nSPS) is 16.6. The fourth-order valence-corrected chi connectivity index (χ4v) is 7.98. The maximum Gasteiger partial charge on any atom is 0.328 e. The van der Waals surface area contributed by atoms with Crippen molar-refractivity contribution < 1.29 is 78.6 Å². The van der Waals surface area contributed by atoms with Crippen molar-refractivity contribution in [2.24, 2.45) is 17.4 Å². The van der Waals surface area contributed by atoms with Gasteiger partial charge in [0.1, 0.15) is 65.9 Å². The highest BCUT2D eigenvalue weighted by Gasteiger charge is 2.39. The van der Waals surface area contributed by atoms with E-state index < -0.39 is 139 Å². The number of carbonyl (C=O) groups is 10. The van der Waals surface area contributed by atoms with E-state index >= 15 is 0 Å². The first-order valence-electron chi connectivity index (χ1n) is 24.8. The largest absolute Gasteiger partial charge is 0.508 e. The van der Waals surface area contributed by atoms with Gasteiger partial charge in [-0.3, -0.25) is 43.2 Å². The second-order valence-electron chi connectivity index (χ2n) is 18.3. The highest BCUT2D eigenvalue weighted by atomic mass is 16.4. The van der Waals surface area contributed by atoms with Gasteiger partial charge in [-0.15, -0.1) is 0 Å². The number of rotatable bonds is 31. The molecule has 0 saturated carbocycles. The van der Waals surface area contributed by atoms with Gasteiger partial charge in [0.15, 0.2) is 0 Å². The van der Waals surface area contributed by atoms with E-state index in [1.165, 1.54) is 60.4 Å². The average Bonchev–Trinajstić information content (AvgIpc) is 3.90. The van der Waals surface area contributed by atoms with Crippen molar-refractivity contribution >= 4 is 59.1 Å². The van der Waals surface area contributed by atoms with E-state index in [2.05, 4.69) is 42.5 Å². The van der Waals surface area contributed by atoms with E-state index in [-0.39, 0.29) is 63.2 Å². The number of nitrogens with two attached hydrogens (primary N) is 2. The minimum absolute atomic E-state index is 0.0445. The minimum atomic E-state index is -1.79. The molecule has 0 unspecified atom stereocenters. The molecule has 0 spiro atoms. The Kier molecular flexibility index (Phi) is 26.0. The number of benzene rings is 2. The molecule has 420 valence electrons. The molecule has 10 atom stereocenters. The van der Waals surface area contributed by atoms with Crippen molar-refractivity contribution in [3.05, 3.63) is 59.7 Å². The molecule has 27 nitrogen and oxygen atoms in total. The van der Waals surface area contributed by atoms with E-state index in [4.69, 9.17) is 11.5 Å². The fraction of sp³-hybridized carbons (Fsp3) is 0.551. The molecule has 18 N–H and O–H groups in total. The fourth-order valence-electron chi connectivity index (χ4n) is 7.98. The van der Waals surface area contributed by atoms with E-state index in [1.54, 1.807) is 13.8 Å². The molecule has 1 aliphatic heterocycles. The van der Waals surface area contributed by atoms with Crippen LogP contribution in [0.3, 0.4) is 0 Å². The molecule has 1 aliphatic rings. The number of nitrogens with zero attached hydrogens (tertiary/aromatic N) is 1. The molecule has 2 aromatic carbocycles. The molecule has 1 saturated heterocycles. The number of nitrogens with one attached hydrogen (secondary N) is 8. The maximum atomic E-state index is 14.4.